The number of nitrogen functional groups attached to an aromatic ring is 1. The van der Waals surface area contributed by atoms with Gasteiger partial charge in [0.25, 0.3) is 5.56 Å². The lowest BCUT2D eigenvalue weighted by Crippen LogP contribution is -2.17. The summed E-state index contributed by atoms with van der Waals surface area (Å²) in [6, 6.07) is 4.88. The summed E-state index contributed by atoms with van der Waals surface area (Å²) in [6.07, 6.45) is 0.546. The SMILES string of the molecule is CCCOc1c(F)cc(F)cc1-c1c(C#N)c(N)[nH]c(=O)c1C#N. The Morgan fingerprint density at radius 1 is 1.25 bits per heavy atom. The number of aromatic amines is 1. The zero-order valence-electron chi connectivity index (χ0n) is 12.6. The minimum Gasteiger partial charge on any atom is -0.490 e. The quantitative estimate of drug-likeness (QED) is 0.893. The molecule has 0 aliphatic heterocycles. The molecule has 0 saturated heterocycles. The van der Waals surface area contributed by atoms with Gasteiger partial charge >= 0.3 is 0 Å². The Morgan fingerprint density at radius 2 is 1.92 bits per heavy atom. The lowest BCUT2D eigenvalue weighted by molar-refractivity contribution is 0.301. The fourth-order valence-electron chi connectivity index (χ4n) is 2.21. The van der Waals surface area contributed by atoms with Gasteiger partial charge in [-0.25, -0.2) is 8.78 Å². The Balaban J connectivity index is 2.94. The number of nitrogens with zero attached hydrogens (tertiary/aromatic N) is 2. The summed E-state index contributed by atoms with van der Waals surface area (Å²) in [5, 5.41) is 18.5. The lowest BCUT2D eigenvalue weighted by Gasteiger charge is -2.15. The molecule has 2 aromatic rings. The highest BCUT2D eigenvalue weighted by molar-refractivity contribution is 5.83. The van der Waals surface area contributed by atoms with E-state index in [0.717, 1.165) is 6.07 Å². The van der Waals surface area contributed by atoms with Gasteiger partial charge in [0.1, 0.15) is 34.9 Å². The van der Waals surface area contributed by atoms with Crippen LogP contribution in [0.25, 0.3) is 11.1 Å². The molecule has 6 nitrogen and oxygen atoms in total. The third-order valence-electron chi connectivity index (χ3n) is 3.20. The highest BCUT2D eigenvalue weighted by atomic mass is 19.1. The summed E-state index contributed by atoms with van der Waals surface area (Å²) in [5.41, 5.74) is 3.52. The highest BCUT2D eigenvalue weighted by Gasteiger charge is 2.24. The van der Waals surface area contributed by atoms with Crippen molar-refractivity contribution in [1.82, 2.24) is 4.98 Å². The van der Waals surface area contributed by atoms with E-state index in [1.165, 1.54) is 0 Å². The van der Waals surface area contributed by atoms with Crippen LogP contribution in [0.1, 0.15) is 24.5 Å². The van der Waals surface area contributed by atoms with Crippen LogP contribution in [0, 0.1) is 34.3 Å². The maximum absolute atomic E-state index is 14.1. The average Bonchev–Trinajstić information content (AvgIpc) is 2.52. The number of nitrogens with one attached hydrogen (secondary N) is 1. The van der Waals surface area contributed by atoms with E-state index >= 15 is 0 Å². The second-order valence-electron chi connectivity index (χ2n) is 4.83. The molecule has 1 heterocycles. The third-order valence-corrected chi connectivity index (χ3v) is 3.20. The van der Waals surface area contributed by atoms with Gasteiger partial charge in [0.2, 0.25) is 0 Å². The molecule has 0 radical (unpaired) electrons. The zero-order valence-corrected chi connectivity index (χ0v) is 12.6. The van der Waals surface area contributed by atoms with Gasteiger partial charge in [-0.2, -0.15) is 10.5 Å². The molecule has 0 fully saturated rings. The second-order valence-corrected chi connectivity index (χ2v) is 4.83. The predicted molar refractivity (Wildman–Crippen MR) is 82.0 cm³/mol. The molecule has 0 unspecified atom stereocenters. The molecule has 0 amide bonds. The third kappa shape index (κ3) is 2.90. The van der Waals surface area contributed by atoms with E-state index in [1.807, 2.05) is 0 Å². The van der Waals surface area contributed by atoms with Crippen LogP contribution >= 0.6 is 0 Å². The Morgan fingerprint density at radius 3 is 2.50 bits per heavy atom. The van der Waals surface area contributed by atoms with E-state index in [4.69, 9.17) is 10.5 Å². The van der Waals surface area contributed by atoms with Crippen molar-refractivity contribution in [3.05, 3.63) is 45.2 Å². The number of ether oxygens (including phenoxy) is 1. The Bertz CT molecular complexity index is 939. The van der Waals surface area contributed by atoms with Crippen molar-refractivity contribution in [2.24, 2.45) is 0 Å². The molecule has 0 saturated carbocycles. The van der Waals surface area contributed by atoms with Crippen LogP contribution in [0.4, 0.5) is 14.6 Å². The molecule has 8 heteroatoms. The summed E-state index contributed by atoms with van der Waals surface area (Å²) >= 11 is 0. The largest absolute Gasteiger partial charge is 0.490 e. The van der Waals surface area contributed by atoms with Crippen LogP contribution in [0.15, 0.2) is 16.9 Å². The molecule has 0 spiro atoms. The van der Waals surface area contributed by atoms with Gasteiger partial charge in [-0.1, -0.05) is 6.92 Å². The first kappa shape index (κ1) is 17.0. The molecule has 0 atom stereocenters. The standard InChI is InChI=1S/C16H12F2N4O2/c1-2-3-24-14-9(4-8(17)5-12(14)18)13-10(6-19)15(21)22-16(23)11(13)7-20/h4-5H,2-3H2,1H3,(H3,21,22,23). The Kier molecular flexibility index (Phi) is 4.81. The maximum Gasteiger partial charge on any atom is 0.268 e. The first-order valence-corrected chi connectivity index (χ1v) is 6.92. The van der Waals surface area contributed by atoms with Gasteiger partial charge in [-0.05, 0) is 12.5 Å². The van der Waals surface area contributed by atoms with E-state index in [9.17, 15) is 24.1 Å². The molecular weight excluding hydrogens is 318 g/mol. The number of halogens is 2. The number of pyridine rings is 1. The van der Waals surface area contributed by atoms with E-state index in [0.29, 0.717) is 12.5 Å². The summed E-state index contributed by atoms with van der Waals surface area (Å²) in [4.78, 5) is 14.1. The Hall–Kier alpha value is -3.39. The van der Waals surface area contributed by atoms with Gasteiger partial charge in [-0.15, -0.1) is 0 Å². The van der Waals surface area contributed by atoms with Gasteiger partial charge in [-0.3, -0.25) is 4.79 Å². The topological polar surface area (TPSA) is 116 Å². The van der Waals surface area contributed by atoms with Gasteiger partial charge in [0.05, 0.1) is 6.61 Å². The van der Waals surface area contributed by atoms with Crippen molar-refractivity contribution in [1.29, 1.82) is 10.5 Å². The number of aromatic nitrogens is 1. The number of hydrogen-bond donors (Lipinski definition) is 2. The molecular formula is C16H12F2N4O2. The molecule has 1 aromatic heterocycles. The maximum atomic E-state index is 14.1. The molecule has 24 heavy (non-hydrogen) atoms. The number of nitriles is 2. The normalized spacial score (nSPS) is 10.0. The summed E-state index contributed by atoms with van der Waals surface area (Å²) in [7, 11) is 0. The number of rotatable bonds is 4. The fourth-order valence-corrected chi connectivity index (χ4v) is 2.21. The smallest absolute Gasteiger partial charge is 0.268 e. The van der Waals surface area contributed by atoms with Crippen molar-refractivity contribution in [3.63, 3.8) is 0 Å². The number of benzene rings is 1. The van der Waals surface area contributed by atoms with Crippen LogP contribution in [0.2, 0.25) is 0 Å². The molecule has 122 valence electrons. The van der Waals surface area contributed by atoms with Crippen LogP contribution < -0.4 is 16.0 Å². The molecule has 3 N–H and O–H groups in total. The minimum atomic E-state index is -1.01. The number of hydrogen-bond acceptors (Lipinski definition) is 5. The molecule has 0 aliphatic carbocycles. The monoisotopic (exact) mass is 330 g/mol. The average molecular weight is 330 g/mol. The van der Waals surface area contributed by atoms with E-state index < -0.39 is 22.8 Å². The lowest BCUT2D eigenvalue weighted by atomic mass is 9.95. The number of anilines is 1. The summed E-state index contributed by atoms with van der Waals surface area (Å²) in [5.74, 6) is -2.61. The molecule has 1 aromatic carbocycles. The highest BCUT2D eigenvalue weighted by Crippen LogP contribution is 2.37. The van der Waals surface area contributed by atoms with E-state index in [1.54, 1.807) is 19.1 Å². The molecule has 0 bridgehead atoms. The number of nitrogens with two attached hydrogens (primary N) is 1. The van der Waals surface area contributed by atoms with Crippen molar-refractivity contribution >= 4 is 5.82 Å². The Labute approximate surface area is 135 Å². The van der Waals surface area contributed by atoms with Crippen molar-refractivity contribution in [2.75, 3.05) is 12.3 Å². The van der Waals surface area contributed by atoms with Crippen molar-refractivity contribution < 1.29 is 13.5 Å². The molecule has 0 aliphatic rings. The van der Waals surface area contributed by atoms with E-state index in [-0.39, 0.29) is 34.9 Å². The van der Waals surface area contributed by atoms with Gasteiger partial charge in [0.15, 0.2) is 11.6 Å². The van der Waals surface area contributed by atoms with E-state index in [2.05, 4.69) is 4.98 Å². The van der Waals surface area contributed by atoms with Crippen molar-refractivity contribution in [2.45, 2.75) is 13.3 Å². The van der Waals surface area contributed by atoms with Crippen LogP contribution in [0.3, 0.4) is 0 Å². The van der Waals surface area contributed by atoms with Crippen molar-refractivity contribution in [3.8, 4) is 29.0 Å². The first-order chi connectivity index (χ1) is 11.4. The fraction of sp³-hybridized carbons (Fsp3) is 0.188. The summed E-state index contributed by atoms with van der Waals surface area (Å²) < 4.78 is 33.1. The van der Waals surface area contributed by atoms with Crippen LogP contribution in [-0.4, -0.2) is 11.6 Å². The van der Waals surface area contributed by atoms with Gasteiger partial charge < -0.3 is 15.5 Å². The molecule has 2 rings (SSSR count). The predicted octanol–water partition coefficient (Wildman–Crippen LogP) is 2.43. The first-order valence-electron chi connectivity index (χ1n) is 6.92. The number of H-pyrrole nitrogens is 1. The minimum absolute atomic E-state index is 0.123. The van der Waals surface area contributed by atoms with Crippen LogP contribution in [0.5, 0.6) is 5.75 Å². The van der Waals surface area contributed by atoms with Gasteiger partial charge in [0, 0.05) is 17.2 Å². The zero-order chi connectivity index (χ0) is 17.9. The second kappa shape index (κ2) is 6.80. The summed E-state index contributed by atoms with van der Waals surface area (Å²) in [6.45, 7) is 1.91. The van der Waals surface area contributed by atoms with Crippen LogP contribution in [-0.2, 0) is 0 Å².